The third-order valence-corrected chi connectivity index (χ3v) is 6.30. The predicted molar refractivity (Wildman–Crippen MR) is 128 cm³/mol. The molecular weight excluding hydrogens is 422 g/mol. The average molecular weight is 450 g/mol. The van der Waals surface area contributed by atoms with E-state index in [1.54, 1.807) is 23.6 Å². The number of nitrogens with one attached hydrogen (secondary N) is 2. The van der Waals surface area contributed by atoms with Crippen LogP contribution in [-0.4, -0.2) is 33.5 Å². The number of hydrogen-bond donors (Lipinski definition) is 2. The summed E-state index contributed by atoms with van der Waals surface area (Å²) in [6, 6.07) is 15.1. The number of aromatic nitrogens is 3. The first-order valence-electron chi connectivity index (χ1n) is 10.6. The molecule has 1 aromatic heterocycles. The largest absolute Gasteiger partial charge is 0.497 e. The smallest absolute Gasteiger partial charge is 0.255 e. The summed E-state index contributed by atoms with van der Waals surface area (Å²) in [6.07, 6.45) is 1.03. The lowest BCUT2D eigenvalue weighted by Crippen LogP contribution is -2.31. The van der Waals surface area contributed by atoms with Crippen molar-refractivity contribution >= 4 is 29.3 Å². The molecule has 1 unspecified atom stereocenters. The lowest BCUT2D eigenvalue weighted by molar-refractivity contribution is -0.113. The highest BCUT2D eigenvalue weighted by Crippen LogP contribution is 2.37. The van der Waals surface area contributed by atoms with Crippen molar-refractivity contribution in [1.82, 2.24) is 14.8 Å². The quantitative estimate of drug-likeness (QED) is 0.493. The molecule has 1 amide bonds. The molecule has 0 saturated carbocycles. The molecule has 2 heterocycles. The molecule has 7 nitrogen and oxygen atoms in total. The van der Waals surface area contributed by atoms with E-state index >= 15 is 0 Å². The first-order chi connectivity index (χ1) is 15.5. The first-order valence-corrected chi connectivity index (χ1v) is 11.6. The van der Waals surface area contributed by atoms with Gasteiger partial charge in [-0.25, -0.2) is 4.68 Å². The highest BCUT2D eigenvalue weighted by molar-refractivity contribution is 7.99. The van der Waals surface area contributed by atoms with Crippen LogP contribution in [0.25, 0.3) is 0 Å². The molecule has 0 saturated heterocycles. The second-order valence-electron chi connectivity index (χ2n) is 7.67. The van der Waals surface area contributed by atoms with E-state index in [1.807, 2.05) is 62.4 Å². The summed E-state index contributed by atoms with van der Waals surface area (Å²) in [4.78, 5) is 18.1. The van der Waals surface area contributed by atoms with E-state index in [4.69, 9.17) is 9.84 Å². The highest BCUT2D eigenvalue weighted by atomic mass is 32.2. The Morgan fingerprint density at radius 2 is 1.88 bits per heavy atom. The number of carbonyl (C=O) groups is 1. The van der Waals surface area contributed by atoms with Gasteiger partial charge in [-0.1, -0.05) is 48.5 Å². The van der Waals surface area contributed by atoms with Gasteiger partial charge in [0.1, 0.15) is 11.8 Å². The van der Waals surface area contributed by atoms with E-state index in [-0.39, 0.29) is 5.91 Å². The van der Waals surface area contributed by atoms with Crippen LogP contribution < -0.4 is 15.4 Å². The molecule has 1 aliphatic heterocycles. The van der Waals surface area contributed by atoms with Crippen molar-refractivity contribution in [3.05, 3.63) is 70.9 Å². The van der Waals surface area contributed by atoms with Crippen LogP contribution in [0.1, 0.15) is 37.4 Å². The van der Waals surface area contributed by atoms with E-state index in [1.165, 1.54) is 0 Å². The normalized spacial score (nSPS) is 15.2. The summed E-state index contributed by atoms with van der Waals surface area (Å²) in [5.74, 6) is 2.15. The molecule has 32 heavy (non-hydrogen) atoms. The van der Waals surface area contributed by atoms with Gasteiger partial charge < -0.3 is 15.4 Å². The van der Waals surface area contributed by atoms with Crippen molar-refractivity contribution in [2.75, 3.05) is 23.5 Å². The zero-order valence-corrected chi connectivity index (χ0v) is 19.5. The molecule has 0 spiro atoms. The molecule has 8 heteroatoms. The third kappa shape index (κ3) is 4.50. The molecule has 3 aromatic rings. The van der Waals surface area contributed by atoms with Crippen molar-refractivity contribution < 1.29 is 9.53 Å². The van der Waals surface area contributed by atoms with Gasteiger partial charge in [-0.2, -0.15) is 4.98 Å². The van der Waals surface area contributed by atoms with Gasteiger partial charge in [-0.05, 0) is 50.1 Å². The highest BCUT2D eigenvalue weighted by Gasteiger charge is 2.34. The maximum Gasteiger partial charge on any atom is 0.255 e. The Morgan fingerprint density at radius 1 is 1.16 bits per heavy atom. The Morgan fingerprint density at radius 3 is 2.53 bits per heavy atom. The second kappa shape index (κ2) is 9.48. The molecule has 2 aromatic carbocycles. The zero-order valence-electron chi connectivity index (χ0n) is 18.7. The Bertz CT molecular complexity index is 1140. The zero-order chi connectivity index (χ0) is 22.7. The monoisotopic (exact) mass is 449 g/mol. The molecule has 0 fully saturated rings. The average Bonchev–Trinajstić information content (AvgIpc) is 3.20. The molecule has 1 atom stereocenters. The number of nitrogens with zero attached hydrogens (tertiary/aromatic N) is 3. The molecule has 0 bridgehead atoms. The van der Waals surface area contributed by atoms with Gasteiger partial charge in [0.15, 0.2) is 0 Å². The second-order valence-corrected chi connectivity index (χ2v) is 8.73. The molecular formula is C24H27N5O2S. The number of hydrogen-bond acceptors (Lipinski definition) is 6. The van der Waals surface area contributed by atoms with Gasteiger partial charge in [-0.3, -0.25) is 4.79 Å². The molecule has 0 radical (unpaired) electrons. The third-order valence-electron chi connectivity index (χ3n) is 5.25. The Kier molecular flexibility index (Phi) is 6.50. The number of rotatable bonds is 7. The molecule has 166 valence electrons. The Balaban J connectivity index is 1.74. The van der Waals surface area contributed by atoms with Crippen LogP contribution in [0.5, 0.6) is 5.75 Å². The van der Waals surface area contributed by atoms with Gasteiger partial charge in [0.2, 0.25) is 11.1 Å². The van der Waals surface area contributed by atoms with Gasteiger partial charge in [0.25, 0.3) is 5.91 Å². The summed E-state index contributed by atoms with van der Waals surface area (Å²) in [5.41, 5.74) is 4.16. The number of amides is 1. The van der Waals surface area contributed by atoms with Crippen molar-refractivity contribution in [3.8, 4) is 5.75 Å². The first kappa shape index (κ1) is 22.0. The van der Waals surface area contributed by atoms with E-state index < -0.39 is 6.04 Å². The number of fused-ring (bicyclic) bond motifs is 1. The minimum absolute atomic E-state index is 0.177. The van der Waals surface area contributed by atoms with Crippen LogP contribution in [0.2, 0.25) is 0 Å². The van der Waals surface area contributed by atoms with Crippen LogP contribution in [0.3, 0.4) is 0 Å². The summed E-state index contributed by atoms with van der Waals surface area (Å²) >= 11 is 1.61. The van der Waals surface area contributed by atoms with Crippen molar-refractivity contribution in [3.63, 3.8) is 0 Å². The van der Waals surface area contributed by atoms with Crippen molar-refractivity contribution in [2.24, 2.45) is 0 Å². The van der Waals surface area contributed by atoms with Crippen molar-refractivity contribution in [1.29, 1.82) is 0 Å². The van der Waals surface area contributed by atoms with Gasteiger partial charge in [0.05, 0.1) is 12.7 Å². The topological polar surface area (TPSA) is 81.1 Å². The fourth-order valence-corrected chi connectivity index (χ4v) is 4.29. The Hall–Kier alpha value is -3.26. The standard InChI is InChI=1S/C24H27N5O2S/c1-5-14-32-24-27-23-25-16(3)20(22(30)26-18-10-6-15(2)7-11-18)21(29(23)28-24)17-8-12-19(31-4)13-9-17/h6-13,21H,5,14H2,1-4H3,(H,26,30)(H,25,27,28). The number of aryl methyl sites for hydroxylation is 1. The van der Waals surface area contributed by atoms with Crippen LogP contribution in [-0.2, 0) is 4.79 Å². The molecule has 2 N–H and O–H groups in total. The number of carbonyl (C=O) groups excluding carboxylic acids is 1. The lowest BCUT2D eigenvalue weighted by atomic mass is 9.95. The van der Waals surface area contributed by atoms with Crippen LogP contribution in [0.4, 0.5) is 11.6 Å². The van der Waals surface area contributed by atoms with Crippen molar-refractivity contribution in [2.45, 2.75) is 38.4 Å². The maximum absolute atomic E-state index is 13.5. The van der Waals surface area contributed by atoms with Crippen LogP contribution >= 0.6 is 11.8 Å². The van der Waals surface area contributed by atoms with E-state index in [2.05, 4.69) is 22.5 Å². The summed E-state index contributed by atoms with van der Waals surface area (Å²) < 4.78 is 7.12. The summed E-state index contributed by atoms with van der Waals surface area (Å²) in [7, 11) is 1.64. The van der Waals surface area contributed by atoms with Gasteiger partial charge >= 0.3 is 0 Å². The molecule has 1 aliphatic rings. The number of thioether (sulfide) groups is 1. The molecule has 0 aliphatic carbocycles. The number of allylic oxidation sites excluding steroid dienone is 1. The van der Waals surface area contributed by atoms with E-state index in [0.717, 1.165) is 40.4 Å². The number of anilines is 2. The summed E-state index contributed by atoms with van der Waals surface area (Å²) in [5, 5.41) is 11.7. The maximum atomic E-state index is 13.5. The lowest BCUT2D eigenvalue weighted by Gasteiger charge is -2.28. The molecule has 4 rings (SSSR count). The Labute approximate surface area is 192 Å². The summed E-state index contributed by atoms with van der Waals surface area (Å²) in [6.45, 7) is 6.04. The van der Waals surface area contributed by atoms with E-state index in [0.29, 0.717) is 16.7 Å². The van der Waals surface area contributed by atoms with Crippen LogP contribution in [0, 0.1) is 6.92 Å². The predicted octanol–water partition coefficient (Wildman–Crippen LogP) is 5.02. The SMILES string of the molecule is CCCSc1nc2n(n1)C(c1ccc(OC)cc1)C(C(=O)Nc1ccc(C)cc1)=C(C)N2. The minimum atomic E-state index is -0.411. The van der Waals surface area contributed by atoms with E-state index in [9.17, 15) is 4.79 Å². The number of methoxy groups -OCH3 is 1. The minimum Gasteiger partial charge on any atom is -0.497 e. The fraction of sp³-hybridized carbons (Fsp3) is 0.292. The number of benzene rings is 2. The van der Waals surface area contributed by atoms with Crippen LogP contribution in [0.15, 0.2) is 65.0 Å². The van der Waals surface area contributed by atoms with Gasteiger partial charge in [0, 0.05) is 17.1 Å². The fourth-order valence-electron chi connectivity index (χ4n) is 3.61. The number of ether oxygens (including phenoxy) is 1. The van der Waals surface area contributed by atoms with Gasteiger partial charge in [-0.15, -0.1) is 5.10 Å².